The van der Waals surface area contributed by atoms with E-state index in [1.807, 2.05) is 25.1 Å². The van der Waals surface area contributed by atoms with Crippen molar-refractivity contribution in [1.29, 1.82) is 0 Å². The van der Waals surface area contributed by atoms with Crippen molar-refractivity contribution in [2.45, 2.75) is 43.6 Å². The number of amides is 1. The molecule has 1 atom stereocenters. The average Bonchev–Trinajstić information content (AvgIpc) is 3.59. The minimum Gasteiger partial charge on any atom is -0.492 e. The summed E-state index contributed by atoms with van der Waals surface area (Å²) in [6.07, 6.45) is 2.18. The molecule has 8 nitrogen and oxygen atoms in total. The van der Waals surface area contributed by atoms with Gasteiger partial charge in [0.1, 0.15) is 27.8 Å². The molecular weight excluding hydrogens is 536 g/mol. The van der Waals surface area contributed by atoms with Crippen LogP contribution in [0, 0.1) is 17.6 Å². The SMILES string of the molecule is CCOc1cccc2sc(N(CC3CCCO3)C(=O)C3CCN(S(=O)(=O)c4cc(F)ccc4F)CC3)nc12. The first-order chi connectivity index (χ1) is 18.3. The number of hydrogen-bond donors (Lipinski definition) is 0. The first-order valence-electron chi connectivity index (χ1n) is 12.7. The van der Waals surface area contributed by atoms with Crippen molar-refractivity contribution in [2.24, 2.45) is 5.92 Å². The Morgan fingerprint density at radius 3 is 2.71 bits per heavy atom. The molecule has 3 aromatic rings. The normalized spacial score (nSPS) is 19.2. The van der Waals surface area contributed by atoms with Crippen molar-refractivity contribution in [2.75, 3.05) is 37.7 Å². The third-order valence-corrected chi connectivity index (χ3v) is 9.85. The number of halogens is 2. The number of fused-ring (bicyclic) bond motifs is 1. The van der Waals surface area contributed by atoms with Crippen molar-refractivity contribution in [3.05, 3.63) is 48.0 Å². The first-order valence-corrected chi connectivity index (χ1v) is 14.9. The van der Waals surface area contributed by atoms with Crippen molar-refractivity contribution in [1.82, 2.24) is 9.29 Å². The van der Waals surface area contributed by atoms with Gasteiger partial charge in [-0.25, -0.2) is 22.2 Å². The molecule has 0 radical (unpaired) electrons. The second-order valence-electron chi connectivity index (χ2n) is 9.37. The minimum atomic E-state index is -4.23. The Hall–Kier alpha value is -2.67. The van der Waals surface area contributed by atoms with Crippen LogP contribution in [0.5, 0.6) is 5.75 Å². The quantitative estimate of drug-likeness (QED) is 0.397. The molecule has 0 N–H and O–H groups in total. The molecule has 2 aromatic carbocycles. The van der Waals surface area contributed by atoms with E-state index in [0.717, 1.165) is 34.0 Å². The number of carbonyl (C=O) groups excluding carboxylic acids is 1. The van der Waals surface area contributed by atoms with Crippen LogP contribution in [0.1, 0.15) is 32.6 Å². The zero-order valence-electron chi connectivity index (χ0n) is 20.9. The van der Waals surface area contributed by atoms with Gasteiger partial charge in [0.05, 0.1) is 24.0 Å². The molecule has 2 fully saturated rings. The predicted octanol–water partition coefficient (Wildman–Crippen LogP) is 4.59. The fourth-order valence-electron chi connectivity index (χ4n) is 4.93. The molecule has 1 amide bonds. The molecule has 0 spiro atoms. The average molecular weight is 566 g/mol. The van der Waals surface area contributed by atoms with Gasteiger partial charge in [0.2, 0.25) is 15.9 Å². The molecule has 2 saturated heterocycles. The van der Waals surface area contributed by atoms with E-state index < -0.39 is 32.5 Å². The first kappa shape index (κ1) is 26.9. The number of rotatable bonds is 8. The Bertz CT molecular complexity index is 1420. The van der Waals surface area contributed by atoms with Gasteiger partial charge in [-0.3, -0.25) is 9.69 Å². The molecule has 5 rings (SSSR count). The smallest absolute Gasteiger partial charge is 0.246 e. The van der Waals surface area contributed by atoms with Crippen molar-refractivity contribution in [3.63, 3.8) is 0 Å². The van der Waals surface area contributed by atoms with Gasteiger partial charge in [-0.2, -0.15) is 4.31 Å². The standard InChI is InChI=1S/C26H29F2N3O5S2/c1-2-35-21-6-3-7-22-24(21)29-26(37-22)31(16-19-5-4-14-36-19)25(32)17-10-12-30(13-11-17)38(33,34)23-15-18(27)8-9-20(23)28/h3,6-9,15,17,19H,2,4-5,10-14,16H2,1H3. The van der Waals surface area contributed by atoms with Gasteiger partial charge in [-0.15, -0.1) is 0 Å². The lowest BCUT2D eigenvalue weighted by atomic mass is 9.96. The molecule has 0 bridgehead atoms. The van der Waals surface area contributed by atoms with Gasteiger partial charge in [0.25, 0.3) is 0 Å². The lowest BCUT2D eigenvalue weighted by Crippen LogP contribution is -2.46. The van der Waals surface area contributed by atoms with Crippen LogP contribution in [0.4, 0.5) is 13.9 Å². The van der Waals surface area contributed by atoms with Crippen molar-refractivity contribution >= 4 is 42.6 Å². The predicted molar refractivity (Wildman–Crippen MR) is 140 cm³/mol. The van der Waals surface area contributed by atoms with Crippen LogP contribution in [0.25, 0.3) is 10.2 Å². The maximum absolute atomic E-state index is 14.2. The summed E-state index contributed by atoms with van der Waals surface area (Å²) in [5.74, 6) is -1.78. The molecule has 0 aliphatic carbocycles. The van der Waals surface area contributed by atoms with Crippen LogP contribution in [0.2, 0.25) is 0 Å². The molecule has 38 heavy (non-hydrogen) atoms. The number of para-hydroxylation sites is 1. The van der Waals surface area contributed by atoms with E-state index in [2.05, 4.69) is 0 Å². The Morgan fingerprint density at radius 2 is 2.00 bits per heavy atom. The summed E-state index contributed by atoms with van der Waals surface area (Å²) in [6.45, 7) is 3.44. The molecule has 1 aromatic heterocycles. The van der Waals surface area contributed by atoms with Crippen molar-refractivity contribution < 1.29 is 31.5 Å². The summed E-state index contributed by atoms with van der Waals surface area (Å²) in [6, 6.07) is 8.04. The lowest BCUT2D eigenvalue weighted by molar-refractivity contribution is -0.123. The second-order valence-corrected chi connectivity index (χ2v) is 12.3. The van der Waals surface area contributed by atoms with Crippen LogP contribution >= 0.6 is 11.3 Å². The molecular formula is C26H29F2N3O5S2. The van der Waals surface area contributed by atoms with Gasteiger partial charge in [-0.1, -0.05) is 17.4 Å². The van der Waals surface area contributed by atoms with Crippen LogP contribution in [0.15, 0.2) is 41.3 Å². The molecule has 2 aliphatic rings. The molecule has 204 valence electrons. The molecule has 1 unspecified atom stereocenters. The zero-order valence-corrected chi connectivity index (χ0v) is 22.6. The Kier molecular flexibility index (Phi) is 7.94. The number of ether oxygens (including phenoxy) is 2. The topological polar surface area (TPSA) is 89.0 Å². The maximum atomic E-state index is 14.2. The number of nitrogens with zero attached hydrogens (tertiary/aromatic N) is 3. The van der Waals surface area contributed by atoms with Gasteiger partial charge >= 0.3 is 0 Å². The van der Waals surface area contributed by atoms with E-state index in [0.29, 0.717) is 42.2 Å². The molecule has 0 saturated carbocycles. The van der Waals surface area contributed by atoms with Gasteiger partial charge in [0, 0.05) is 25.6 Å². The molecule has 3 heterocycles. The Balaban J connectivity index is 1.36. The van der Waals surface area contributed by atoms with Gasteiger partial charge in [0.15, 0.2) is 5.13 Å². The largest absolute Gasteiger partial charge is 0.492 e. The van der Waals surface area contributed by atoms with E-state index in [1.165, 1.54) is 11.3 Å². The van der Waals surface area contributed by atoms with E-state index >= 15 is 0 Å². The van der Waals surface area contributed by atoms with Crippen LogP contribution in [0.3, 0.4) is 0 Å². The summed E-state index contributed by atoms with van der Waals surface area (Å²) < 4.78 is 67.4. The fourth-order valence-corrected chi connectivity index (χ4v) is 7.47. The van der Waals surface area contributed by atoms with E-state index in [9.17, 15) is 22.0 Å². The number of hydrogen-bond acceptors (Lipinski definition) is 7. The van der Waals surface area contributed by atoms with Crippen LogP contribution < -0.4 is 9.64 Å². The van der Waals surface area contributed by atoms with Gasteiger partial charge < -0.3 is 9.47 Å². The highest BCUT2D eigenvalue weighted by Crippen LogP contribution is 2.36. The monoisotopic (exact) mass is 565 g/mol. The number of piperidine rings is 1. The summed E-state index contributed by atoms with van der Waals surface area (Å²) in [5.41, 5.74) is 0.692. The second kappa shape index (κ2) is 11.2. The minimum absolute atomic E-state index is 0.0246. The molecule has 2 aliphatic heterocycles. The number of carbonyl (C=O) groups is 1. The summed E-state index contributed by atoms with van der Waals surface area (Å²) >= 11 is 1.40. The van der Waals surface area contributed by atoms with Crippen LogP contribution in [-0.4, -0.2) is 62.6 Å². The number of thiazole rings is 1. The lowest BCUT2D eigenvalue weighted by Gasteiger charge is -2.33. The van der Waals surface area contributed by atoms with E-state index in [4.69, 9.17) is 14.5 Å². The highest BCUT2D eigenvalue weighted by Gasteiger charge is 2.37. The van der Waals surface area contributed by atoms with Gasteiger partial charge in [-0.05, 0) is 62.9 Å². The Labute approximate surface area is 224 Å². The number of anilines is 1. The van der Waals surface area contributed by atoms with Crippen molar-refractivity contribution in [3.8, 4) is 5.75 Å². The van der Waals surface area contributed by atoms with Crippen LogP contribution in [-0.2, 0) is 19.6 Å². The maximum Gasteiger partial charge on any atom is 0.246 e. The third kappa shape index (κ3) is 5.40. The number of sulfonamides is 1. The van der Waals surface area contributed by atoms with E-state index in [-0.39, 0.29) is 37.9 Å². The number of aromatic nitrogens is 1. The summed E-state index contributed by atoms with van der Waals surface area (Å²) in [7, 11) is -4.23. The van der Waals surface area contributed by atoms with E-state index in [1.54, 1.807) is 4.90 Å². The number of benzene rings is 2. The summed E-state index contributed by atoms with van der Waals surface area (Å²) in [5, 5.41) is 0.546. The highest BCUT2D eigenvalue weighted by molar-refractivity contribution is 7.89. The highest BCUT2D eigenvalue weighted by atomic mass is 32.2. The fraction of sp³-hybridized carbons (Fsp3) is 0.462. The molecule has 12 heteroatoms. The zero-order chi connectivity index (χ0) is 26.9. The Morgan fingerprint density at radius 1 is 1.21 bits per heavy atom. The summed E-state index contributed by atoms with van der Waals surface area (Å²) in [4.78, 5) is 19.6. The third-order valence-electron chi connectivity index (χ3n) is 6.89.